The normalized spacial score (nSPS) is 12.2. The lowest BCUT2D eigenvalue weighted by Crippen LogP contribution is -2.42. The second-order valence-corrected chi connectivity index (χ2v) is 3.64. The monoisotopic (exact) mass is 310 g/mol. The highest BCUT2D eigenvalue weighted by Gasteiger charge is 2.49. The Morgan fingerprint density at radius 2 is 2.05 bits per heavy atom. The standard InChI is InChI=1S/C11H12F2N2O4.ClH/c1-2-19-10(16)11(12,13)9(14)7-5-3-4-6-8(7)15(17)18;/h3-6,9H,2,14H2,1H3;1H/t9-;/m0./s1. The van der Waals surface area contributed by atoms with Crippen LogP contribution in [0.3, 0.4) is 0 Å². The van der Waals surface area contributed by atoms with E-state index in [1.54, 1.807) is 0 Å². The van der Waals surface area contributed by atoms with Gasteiger partial charge in [-0.3, -0.25) is 10.1 Å². The Bertz CT molecular complexity index is 499. The van der Waals surface area contributed by atoms with E-state index in [0.29, 0.717) is 0 Å². The number of carbonyl (C=O) groups excluding carboxylic acids is 1. The van der Waals surface area contributed by atoms with Crippen LogP contribution < -0.4 is 5.73 Å². The van der Waals surface area contributed by atoms with Gasteiger partial charge in [-0.2, -0.15) is 8.78 Å². The fourth-order valence-corrected chi connectivity index (χ4v) is 1.47. The van der Waals surface area contributed by atoms with Crippen LogP contribution in [0.1, 0.15) is 18.5 Å². The maximum absolute atomic E-state index is 13.7. The summed E-state index contributed by atoms with van der Waals surface area (Å²) in [6.07, 6.45) is 0. The molecule has 1 aromatic carbocycles. The highest BCUT2D eigenvalue weighted by molar-refractivity contribution is 5.85. The SMILES string of the molecule is CCOC(=O)C(F)(F)[C@@H](N)c1ccccc1[N+](=O)[O-].Cl. The quantitative estimate of drug-likeness (QED) is 0.511. The molecule has 0 fully saturated rings. The fourth-order valence-electron chi connectivity index (χ4n) is 1.47. The molecule has 6 nitrogen and oxygen atoms in total. The van der Waals surface area contributed by atoms with Gasteiger partial charge in [0.1, 0.15) is 6.04 Å². The molecule has 0 spiro atoms. The molecular weight excluding hydrogens is 298 g/mol. The molecule has 0 saturated heterocycles. The second-order valence-electron chi connectivity index (χ2n) is 3.64. The van der Waals surface area contributed by atoms with Crippen LogP contribution in [0.5, 0.6) is 0 Å². The van der Waals surface area contributed by atoms with E-state index in [1.165, 1.54) is 19.1 Å². The summed E-state index contributed by atoms with van der Waals surface area (Å²) < 4.78 is 31.6. The van der Waals surface area contributed by atoms with Crippen LogP contribution in [0, 0.1) is 10.1 Å². The van der Waals surface area contributed by atoms with Gasteiger partial charge in [0.05, 0.1) is 17.1 Å². The van der Waals surface area contributed by atoms with Gasteiger partial charge in [0.15, 0.2) is 0 Å². The smallest absolute Gasteiger partial charge is 0.379 e. The first kappa shape index (κ1) is 18.2. The van der Waals surface area contributed by atoms with Crippen molar-refractivity contribution in [3.63, 3.8) is 0 Å². The lowest BCUT2D eigenvalue weighted by atomic mass is 9.99. The molecule has 2 N–H and O–H groups in total. The molecular formula is C11H13ClF2N2O4. The van der Waals surface area contributed by atoms with E-state index < -0.39 is 34.1 Å². The number of ether oxygens (including phenoxy) is 1. The van der Waals surface area contributed by atoms with Crippen molar-refractivity contribution in [2.24, 2.45) is 5.73 Å². The number of hydrogen-bond acceptors (Lipinski definition) is 5. The van der Waals surface area contributed by atoms with Crippen LogP contribution in [-0.4, -0.2) is 23.4 Å². The number of nitrogens with two attached hydrogens (primary N) is 1. The van der Waals surface area contributed by atoms with Gasteiger partial charge < -0.3 is 10.5 Å². The maximum Gasteiger partial charge on any atom is 0.379 e. The molecule has 0 aliphatic heterocycles. The molecule has 0 saturated carbocycles. The Morgan fingerprint density at radius 3 is 2.55 bits per heavy atom. The first-order valence-electron chi connectivity index (χ1n) is 5.36. The fraction of sp³-hybridized carbons (Fsp3) is 0.364. The summed E-state index contributed by atoms with van der Waals surface area (Å²) in [5, 5.41) is 10.7. The zero-order valence-corrected chi connectivity index (χ0v) is 11.2. The molecule has 112 valence electrons. The number of rotatable bonds is 5. The van der Waals surface area contributed by atoms with E-state index in [9.17, 15) is 23.7 Å². The van der Waals surface area contributed by atoms with Gasteiger partial charge in [0, 0.05) is 6.07 Å². The first-order valence-corrected chi connectivity index (χ1v) is 5.36. The van der Waals surface area contributed by atoms with Gasteiger partial charge >= 0.3 is 11.9 Å². The summed E-state index contributed by atoms with van der Waals surface area (Å²) >= 11 is 0. The summed E-state index contributed by atoms with van der Waals surface area (Å²) in [6, 6.07) is 2.61. The van der Waals surface area contributed by atoms with Crippen LogP contribution in [-0.2, 0) is 9.53 Å². The summed E-state index contributed by atoms with van der Waals surface area (Å²) in [7, 11) is 0. The number of nitro benzene ring substituents is 1. The molecule has 0 bridgehead atoms. The van der Waals surface area contributed by atoms with E-state index in [4.69, 9.17) is 5.73 Å². The average Bonchev–Trinajstić information content (AvgIpc) is 2.38. The van der Waals surface area contributed by atoms with Crippen LogP contribution >= 0.6 is 12.4 Å². The molecule has 0 unspecified atom stereocenters. The van der Waals surface area contributed by atoms with Crippen molar-refractivity contribution in [1.82, 2.24) is 0 Å². The Balaban J connectivity index is 0.00000361. The number of hydrogen-bond donors (Lipinski definition) is 1. The summed E-state index contributed by atoms with van der Waals surface area (Å²) in [6.45, 7) is 1.13. The third-order valence-corrected chi connectivity index (χ3v) is 2.41. The third kappa shape index (κ3) is 3.61. The van der Waals surface area contributed by atoms with E-state index in [1.807, 2.05) is 0 Å². The number of alkyl halides is 2. The van der Waals surface area contributed by atoms with E-state index in [2.05, 4.69) is 4.74 Å². The number of halogens is 3. The minimum absolute atomic E-state index is 0. The second kappa shape index (κ2) is 7.11. The van der Waals surface area contributed by atoms with Gasteiger partial charge in [0.2, 0.25) is 0 Å². The third-order valence-electron chi connectivity index (χ3n) is 2.41. The summed E-state index contributed by atoms with van der Waals surface area (Å²) in [5.74, 6) is -5.84. The Morgan fingerprint density at radius 1 is 1.50 bits per heavy atom. The van der Waals surface area contributed by atoms with E-state index >= 15 is 0 Å². The number of nitrogens with zero attached hydrogens (tertiary/aromatic N) is 1. The Labute approximate surface area is 119 Å². The molecule has 0 aliphatic rings. The molecule has 0 radical (unpaired) electrons. The van der Waals surface area contributed by atoms with E-state index in [0.717, 1.165) is 12.1 Å². The lowest BCUT2D eigenvalue weighted by Gasteiger charge is -2.21. The van der Waals surface area contributed by atoms with Crippen LogP contribution in [0.25, 0.3) is 0 Å². The molecule has 1 rings (SSSR count). The Hall–Kier alpha value is -1.80. The molecule has 1 atom stereocenters. The zero-order chi connectivity index (χ0) is 14.6. The molecule has 20 heavy (non-hydrogen) atoms. The highest BCUT2D eigenvalue weighted by atomic mass is 35.5. The van der Waals surface area contributed by atoms with Crippen LogP contribution in [0.4, 0.5) is 14.5 Å². The van der Waals surface area contributed by atoms with Crippen molar-refractivity contribution >= 4 is 24.1 Å². The van der Waals surface area contributed by atoms with Gasteiger partial charge in [0.25, 0.3) is 5.69 Å². The molecule has 1 aromatic rings. The average molecular weight is 311 g/mol. The van der Waals surface area contributed by atoms with Gasteiger partial charge in [-0.25, -0.2) is 4.79 Å². The van der Waals surface area contributed by atoms with Gasteiger partial charge in [-0.05, 0) is 6.92 Å². The molecule has 0 heterocycles. The molecule has 9 heteroatoms. The number of para-hydroxylation sites is 1. The van der Waals surface area contributed by atoms with Gasteiger partial charge in [-0.15, -0.1) is 12.4 Å². The van der Waals surface area contributed by atoms with Gasteiger partial charge in [-0.1, -0.05) is 18.2 Å². The number of carbonyl (C=O) groups is 1. The summed E-state index contributed by atoms with van der Waals surface area (Å²) in [5.41, 5.74) is 4.29. The van der Waals surface area contributed by atoms with Crippen LogP contribution in [0.15, 0.2) is 24.3 Å². The summed E-state index contributed by atoms with van der Waals surface area (Å²) in [4.78, 5) is 21.0. The van der Waals surface area contributed by atoms with Crippen LogP contribution in [0.2, 0.25) is 0 Å². The topological polar surface area (TPSA) is 95.5 Å². The highest BCUT2D eigenvalue weighted by Crippen LogP contribution is 2.35. The minimum atomic E-state index is -4.04. The van der Waals surface area contributed by atoms with Crippen molar-refractivity contribution in [1.29, 1.82) is 0 Å². The molecule has 0 aliphatic carbocycles. The number of nitro groups is 1. The molecule has 0 aromatic heterocycles. The zero-order valence-electron chi connectivity index (χ0n) is 10.4. The predicted octanol–water partition coefficient (Wildman–Crippen LogP) is 2.21. The maximum atomic E-state index is 13.7. The van der Waals surface area contributed by atoms with Crippen molar-refractivity contribution in [2.75, 3.05) is 6.61 Å². The van der Waals surface area contributed by atoms with Crippen molar-refractivity contribution in [2.45, 2.75) is 18.9 Å². The van der Waals surface area contributed by atoms with Crippen molar-refractivity contribution in [3.8, 4) is 0 Å². The predicted molar refractivity (Wildman–Crippen MR) is 68.9 cm³/mol. The molecule has 0 amide bonds. The van der Waals surface area contributed by atoms with E-state index in [-0.39, 0.29) is 19.0 Å². The lowest BCUT2D eigenvalue weighted by molar-refractivity contribution is -0.386. The largest absolute Gasteiger partial charge is 0.462 e. The number of benzene rings is 1. The van der Waals surface area contributed by atoms with Crippen molar-refractivity contribution < 1.29 is 23.2 Å². The Kier molecular flexibility index (Phi) is 6.47. The van der Waals surface area contributed by atoms with Crippen molar-refractivity contribution in [3.05, 3.63) is 39.9 Å². The minimum Gasteiger partial charge on any atom is -0.462 e. The number of esters is 1. The first-order chi connectivity index (χ1) is 8.82.